The molecular weight excluding hydrogens is 210 g/mol. The van der Waals surface area contributed by atoms with Crippen LogP contribution in [0.15, 0.2) is 36.8 Å². The molecule has 0 fully saturated rings. The fourth-order valence-electron chi connectivity index (χ4n) is 1.96. The standard InChI is InChI=1S/C14H19N3/c1-3-6-17-14(13-5-4-7-16-13)12-8-11(2)9-15-10-12/h4-5,7-10,14,16-17H,3,6H2,1-2H3. The van der Waals surface area contributed by atoms with Crippen molar-refractivity contribution in [2.24, 2.45) is 0 Å². The molecule has 2 aromatic heterocycles. The van der Waals surface area contributed by atoms with Gasteiger partial charge in [-0.05, 0) is 43.1 Å². The second kappa shape index (κ2) is 5.64. The lowest BCUT2D eigenvalue weighted by molar-refractivity contribution is 0.587. The van der Waals surface area contributed by atoms with Crippen molar-refractivity contribution >= 4 is 0 Å². The number of aromatic nitrogens is 2. The molecule has 1 unspecified atom stereocenters. The van der Waals surface area contributed by atoms with Gasteiger partial charge in [0.15, 0.2) is 0 Å². The number of aryl methyl sites for hydroxylation is 1. The van der Waals surface area contributed by atoms with E-state index in [-0.39, 0.29) is 6.04 Å². The summed E-state index contributed by atoms with van der Waals surface area (Å²) >= 11 is 0. The van der Waals surface area contributed by atoms with Crippen molar-refractivity contribution in [2.75, 3.05) is 6.54 Å². The van der Waals surface area contributed by atoms with Crippen LogP contribution < -0.4 is 5.32 Å². The van der Waals surface area contributed by atoms with Gasteiger partial charge in [0.1, 0.15) is 0 Å². The Morgan fingerprint density at radius 1 is 1.41 bits per heavy atom. The molecule has 17 heavy (non-hydrogen) atoms. The first-order chi connectivity index (χ1) is 8.31. The third-order valence-corrected chi connectivity index (χ3v) is 2.76. The summed E-state index contributed by atoms with van der Waals surface area (Å²) in [5.74, 6) is 0. The Kier molecular flexibility index (Phi) is 3.94. The molecule has 3 heteroatoms. The van der Waals surface area contributed by atoms with E-state index in [9.17, 15) is 0 Å². The first kappa shape index (κ1) is 11.9. The highest BCUT2D eigenvalue weighted by molar-refractivity contribution is 5.28. The predicted molar refractivity (Wildman–Crippen MR) is 69.9 cm³/mol. The van der Waals surface area contributed by atoms with Gasteiger partial charge < -0.3 is 10.3 Å². The van der Waals surface area contributed by atoms with E-state index < -0.39 is 0 Å². The zero-order chi connectivity index (χ0) is 12.1. The maximum atomic E-state index is 4.27. The van der Waals surface area contributed by atoms with Crippen molar-refractivity contribution in [3.8, 4) is 0 Å². The fraction of sp³-hybridized carbons (Fsp3) is 0.357. The van der Waals surface area contributed by atoms with E-state index in [0.717, 1.165) is 13.0 Å². The molecule has 2 aromatic rings. The van der Waals surface area contributed by atoms with E-state index in [2.05, 4.69) is 41.3 Å². The van der Waals surface area contributed by atoms with Gasteiger partial charge >= 0.3 is 0 Å². The molecule has 1 atom stereocenters. The number of rotatable bonds is 5. The number of nitrogens with zero attached hydrogens (tertiary/aromatic N) is 1. The fourth-order valence-corrected chi connectivity index (χ4v) is 1.96. The van der Waals surface area contributed by atoms with E-state index in [1.54, 1.807) is 0 Å². The first-order valence-electron chi connectivity index (χ1n) is 6.09. The van der Waals surface area contributed by atoms with Gasteiger partial charge in [-0.2, -0.15) is 0 Å². The number of H-pyrrole nitrogens is 1. The summed E-state index contributed by atoms with van der Waals surface area (Å²) in [6.45, 7) is 5.24. The van der Waals surface area contributed by atoms with Crippen LogP contribution in [0.1, 0.15) is 36.2 Å². The maximum absolute atomic E-state index is 4.27. The average Bonchev–Trinajstić information content (AvgIpc) is 2.83. The highest BCUT2D eigenvalue weighted by Crippen LogP contribution is 2.20. The van der Waals surface area contributed by atoms with Gasteiger partial charge in [-0.25, -0.2) is 0 Å². The summed E-state index contributed by atoms with van der Waals surface area (Å²) in [6, 6.07) is 6.52. The zero-order valence-electron chi connectivity index (χ0n) is 10.4. The van der Waals surface area contributed by atoms with E-state index >= 15 is 0 Å². The monoisotopic (exact) mass is 229 g/mol. The average molecular weight is 229 g/mol. The maximum Gasteiger partial charge on any atom is 0.0744 e. The highest BCUT2D eigenvalue weighted by atomic mass is 14.9. The third-order valence-electron chi connectivity index (χ3n) is 2.76. The molecule has 0 aliphatic heterocycles. The molecule has 90 valence electrons. The van der Waals surface area contributed by atoms with Gasteiger partial charge in [0.25, 0.3) is 0 Å². The van der Waals surface area contributed by atoms with Crippen LogP contribution in [-0.2, 0) is 0 Å². The molecule has 3 nitrogen and oxygen atoms in total. The van der Waals surface area contributed by atoms with Gasteiger partial charge in [-0.1, -0.05) is 13.0 Å². The van der Waals surface area contributed by atoms with Crippen molar-refractivity contribution in [1.29, 1.82) is 0 Å². The minimum absolute atomic E-state index is 0.206. The van der Waals surface area contributed by atoms with Crippen LogP contribution in [0.5, 0.6) is 0 Å². The smallest absolute Gasteiger partial charge is 0.0744 e. The summed E-state index contributed by atoms with van der Waals surface area (Å²) in [7, 11) is 0. The number of pyridine rings is 1. The molecule has 0 saturated carbocycles. The van der Waals surface area contributed by atoms with Gasteiger partial charge in [-0.15, -0.1) is 0 Å². The number of hydrogen-bond donors (Lipinski definition) is 2. The lowest BCUT2D eigenvalue weighted by atomic mass is 10.0. The van der Waals surface area contributed by atoms with Crippen LogP contribution in [0.3, 0.4) is 0 Å². The summed E-state index contributed by atoms with van der Waals surface area (Å²) in [6.07, 6.45) is 6.89. The molecule has 0 radical (unpaired) electrons. The van der Waals surface area contributed by atoms with Crippen molar-refractivity contribution in [3.05, 3.63) is 53.6 Å². The van der Waals surface area contributed by atoms with Gasteiger partial charge in [0, 0.05) is 24.3 Å². The van der Waals surface area contributed by atoms with Crippen molar-refractivity contribution < 1.29 is 0 Å². The molecule has 0 saturated heterocycles. The zero-order valence-corrected chi connectivity index (χ0v) is 10.4. The van der Waals surface area contributed by atoms with Gasteiger partial charge in [0.2, 0.25) is 0 Å². The molecule has 0 aliphatic rings. The minimum Gasteiger partial charge on any atom is -0.363 e. The van der Waals surface area contributed by atoms with Crippen molar-refractivity contribution in [3.63, 3.8) is 0 Å². The molecule has 0 bridgehead atoms. The van der Waals surface area contributed by atoms with Gasteiger partial charge in [0.05, 0.1) is 6.04 Å². The molecule has 2 heterocycles. The van der Waals surface area contributed by atoms with Crippen LogP contribution in [0, 0.1) is 6.92 Å². The van der Waals surface area contributed by atoms with Crippen LogP contribution in [-0.4, -0.2) is 16.5 Å². The lowest BCUT2D eigenvalue weighted by Crippen LogP contribution is -2.23. The Morgan fingerprint density at radius 3 is 2.94 bits per heavy atom. The second-order valence-corrected chi connectivity index (χ2v) is 4.31. The molecule has 2 rings (SSSR count). The Balaban J connectivity index is 2.27. The predicted octanol–water partition coefficient (Wildman–Crippen LogP) is 2.81. The molecule has 0 amide bonds. The van der Waals surface area contributed by atoms with Crippen molar-refractivity contribution in [2.45, 2.75) is 26.3 Å². The minimum atomic E-state index is 0.206. The normalized spacial score (nSPS) is 12.6. The quantitative estimate of drug-likeness (QED) is 0.827. The summed E-state index contributed by atoms with van der Waals surface area (Å²) in [5, 5.41) is 3.54. The topological polar surface area (TPSA) is 40.7 Å². The molecule has 0 aromatic carbocycles. The van der Waals surface area contributed by atoms with Crippen molar-refractivity contribution in [1.82, 2.24) is 15.3 Å². The summed E-state index contributed by atoms with van der Waals surface area (Å²) < 4.78 is 0. The Morgan fingerprint density at radius 2 is 2.29 bits per heavy atom. The van der Waals surface area contributed by atoms with Crippen LogP contribution in [0.25, 0.3) is 0 Å². The lowest BCUT2D eigenvalue weighted by Gasteiger charge is -2.18. The highest BCUT2D eigenvalue weighted by Gasteiger charge is 2.14. The van der Waals surface area contributed by atoms with E-state index in [0.29, 0.717) is 0 Å². The molecule has 2 N–H and O–H groups in total. The summed E-state index contributed by atoms with van der Waals surface area (Å²) in [4.78, 5) is 7.54. The number of hydrogen-bond acceptors (Lipinski definition) is 2. The number of nitrogens with one attached hydrogen (secondary N) is 2. The first-order valence-corrected chi connectivity index (χ1v) is 6.09. The summed E-state index contributed by atoms with van der Waals surface area (Å²) in [5.41, 5.74) is 3.59. The molecule has 0 aliphatic carbocycles. The van der Waals surface area contributed by atoms with E-state index in [1.165, 1.54) is 16.8 Å². The largest absolute Gasteiger partial charge is 0.363 e. The van der Waals surface area contributed by atoms with E-state index in [1.807, 2.05) is 24.7 Å². The van der Waals surface area contributed by atoms with E-state index in [4.69, 9.17) is 0 Å². The SMILES string of the molecule is CCCNC(c1cncc(C)c1)c1ccc[nH]1. The van der Waals surface area contributed by atoms with Crippen LogP contribution in [0.2, 0.25) is 0 Å². The Labute approximate surface area is 102 Å². The Bertz CT molecular complexity index is 448. The van der Waals surface area contributed by atoms with Gasteiger partial charge in [-0.3, -0.25) is 4.98 Å². The molecular formula is C14H19N3. The molecule has 0 spiro atoms. The van der Waals surface area contributed by atoms with Crippen LogP contribution >= 0.6 is 0 Å². The van der Waals surface area contributed by atoms with Crippen LogP contribution in [0.4, 0.5) is 0 Å². The second-order valence-electron chi connectivity index (χ2n) is 4.31. The Hall–Kier alpha value is -1.61. The third kappa shape index (κ3) is 2.94. The number of aromatic amines is 1.